The van der Waals surface area contributed by atoms with Gasteiger partial charge in [-0.25, -0.2) is 15.0 Å². The van der Waals surface area contributed by atoms with Gasteiger partial charge < -0.3 is 20.3 Å². The lowest BCUT2D eigenvalue weighted by Crippen LogP contribution is -2.47. The molecule has 0 spiro atoms. The summed E-state index contributed by atoms with van der Waals surface area (Å²) >= 11 is 6.74. The Morgan fingerprint density at radius 3 is 2.76 bits per heavy atom. The predicted octanol–water partition coefficient (Wildman–Crippen LogP) is 4.20. The van der Waals surface area contributed by atoms with Gasteiger partial charge in [0, 0.05) is 62.8 Å². The Morgan fingerprint density at radius 1 is 1.12 bits per heavy atom. The number of rotatable bonds is 6. The zero-order valence-corrected chi connectivity index (χ0v) is 20.0. The predicted molar refractivity (Wildman–Crippen MR) is 136 cm³/mol. The highest BCUT2D eigenvalue weighted by atomic mass is 35.5. The van der Waals surface area contributed by atoms with E-state index in [0.29, 0.717) is 16.7 Å². The first-order valence-corrected chi connectivity index (χ1v) is 12.3. The Balaban J connectivity index is 1.22. The van der Waals surface area contributed by atoms with E-state index in [9.17, 15) is 0 Å². The zero-order chi connectivity index (χ0) is 23.1. The molecule has 0 bridgehead atoms. The second-order valence-electron chi connectivity index (χ2n) is 9.06. The molecule has 176 valence electrons. The summed E-state index contributed by atoms with van der Waals surface area (Å²) in [5, 5.41) is 7.28. The van der Waals surface area contributed by atoms with Crippen LogP contribution in [-0.4, -0.2) is 65.7 Å². The first-order valence-electron chi connectivity index (χ1n) is 11.9. The Bertz CT molecular complexity index is 1210. The topological polar surface area (TPSA) is 78.4 Å². The average Bonchev–Trinajstić information content (AvgIpc) is 3.61. The summed E-state index contributed by atoms with van der Waals surface area (Å²) in [5.74, 6) is 2.16. The van der Waals surface area contributed by atoms with Crippen molar-refractivity contribution in [1.82, 2.24) is 19.9 Å². The zero-order valence-electron chi connectivity index (χ0n) is 19.2. The molecule has 2 N–H and O–H groups in total. The van der Waals surface area contributed by atoms with Crippen molar-refractivity contribution in [3.63, 3.8) is 0 Å². The molecule has 1 saturated heterocycles. The van der Waals surface area contributed by atoms with E-state index in [1.807, 2.05) is 24.4 Å². The molecule has 3 aromatic rings. The molecule has 2 aliphatic heterocycles. The summed E-state index contributed by atoms with van der Waals surface area (Å²) in [6, 6.07) is 8.76. The lowest BCUT2D eigenvalue weighted by Gasteiger charge is -2.36. The molecule has 3 aliphatic rings. The van der Waals surface area contributed by atoms with Gasteiger partial charge in [-0.3, -0.25) is 4.90 Å². The number of hydrogen-bond donors (Lipinski definition) is 2. The van der Waals surface area contributed by atoms with Crippen molar-refractivity contribution in [3.8, 4) is 17.0 Å². The molecule has 4 heterocycles. The van der Waals surface area contributed by atoms with Gasteiger partial charge in [-0.15, -0.1) is 0 Å². The Morgan fingerprint density at radius 2 is 1.97 bits per heavy atom. The number of nitrogens with one attached hydrogen (secondary N) is 2. The molecule has 2 fully saturated rings. The van der Waals surface area contributed by atoms with Gasteiger partial charge in [0.05, 0.1) is 29.2 Å². The number of anilines is 4. The van der Waals surface area contributed by atoms with Crippen LogP contribution in [0.1, 0.15) is 18.4 Å². The minimum absolute atomic E-state index is 0.483. The lowest BCUT2D eigenvalue weighted by molar-refractivity contribution is 0.248. The molecule has 2 aromatic heterocycles. The number of aromatic nitrogens is 3. The lowest BCUT2D eigenvalue weighted by atomic mass is 10.1. The van der Waals surface area contributed by atoms with Crippen molar-refractivity contribution in [2.45, 2.75) is 25.3 Å². The largest absolute Gasteiger partial charge is 0.494 e. The molecule has 0 unspecified atom stereocenters. The van der Waals surface area contributed by atoms with E-state index in [4.69, 9.17) is 21.3 Å². The van der Waals surface area contributed by atoms with E-state index in [2.05, 4.69) is 36.5 Å². The molecule has 0 radical (unpaired) electrons. The molecule has 1 saturated carbocycles. The fourth-order valence-electron chi connectivity index (χ4n) is 4.84. The Labute approximate surface area is 204 Å². The maximum atomic E-state index is 6.74. The average molecular weight is 478 g/mol. The SMILES string of the molecule is COc1cc(N2CCN(C3CC3)CC2)c(Cl)cc1Nc1nccc(-c2cnc3c(c2)CCN3)n1. The number of ether oxygens (including phenoxy) is 1. The van der Waals surface area contributed by atoms with Crippen LogP contribution in [0.3, 0.4) is 0 Å². The summed E-state index contributed by atoms with van der Waals surface area (Å²) in [5.41, 5.74) is 4.74. The molecule has 1 aromatic carbocycles. The third kappa shape index (κ3) is 4.23. The van der Waals surface area contributed by atoms with Crippen molar-refractivity contribution in [1.29, 1.82) is 0 Å². The molecule has 8 nitrogen and oxygen atoms in total. The maximum absolute atomic E-state index is 6.74. The maximum Gasteiger partial charge on any atom is 0.227 e. The van der Waals surface area contributed by atoms with Gasteiger partial charge in [0.25, 0.3) is 0 Å². The number of hydrogen-bond acceptors (Lipinski definition) is 8. The van der Waals surface area contributed by atoms with Gasteiger partial charge in [-0.2, -0.15) is 0 Å². The Hall–Kier alpha value is -3.10. The van der Waals surface area contributed by atoms with E-state index in [1.54, 1.807) is 13.3 Å². The third-order valence-electron chi connectivity index (χ3n) is 6.84. The highest BCUT2D eigenvalue weighted by molar-refractivity contribution is 6.33. The highest BCUT2D eigenvalue weighted by Crippen LogP contribution is 2.39. The first kappa shape index (κ1) is 21.4. The van der Waals surface area contributed by atoms with Crippen LogP contribution in [0.4, 0.5) is 23.1 Å². The van der Waals surface area contributed by atoms with Crippen LogP contribution < -0.4 is 20.3 Å². The summed E-state index contributed by atoms with van der Waals surface area (Å²) < 4.78 is 5.71. The van der Waals surface area contributed by atoms with E-state index in [-0.39, 0.29) is 0 Å². The fourth-order valence-corrected chi connectivity index (χ4v) is 5.12. The summed E-state index contributed by atoms with van der Waals surface area (Å²) in [7, 11) is 1.67. The van der Waals surface area contributed by atoms with Gasteiger partial charge in [-0.1, -0.05) is 11.6 Å². The quantitative estimate of drug-likeness (QED) is 0.547. The number of nitrogens with zero attached hydrogens (tertiary/aromatic N) is 5. The molecule has 0 atom stereocenters. The summed E-state index contributed by atoms with van der Waals surface area (Å²) in [6.45, 7) is 5.04. The summed E-state index contributed by atoms with van der Waals surface area (Å²) in [6.07, 6.45) is 7.26. The molecular formula is C25H28ClN7O. The monoisotopic (exact) mass is 477 g/mol. The molecular weight excluding hydrogens is 450 g/mol. The number of halogens is 1. The van der Waals surface area contributed by atoms with Crippen molar-refractivity contribution < 1.29 is 4.74 Å². The second-order valence-corrected chi connectivity index (χ2v) is 9.46. The van der Waals surface area contributed by atoms with Gasteiger partial charge in [0.1, 0.15) is 11.6 Å². The molecule has 6 rings (SSSR count). The van der Waals surface area contributed by atoms with Crippen molar-refractivity contribution >= 4 is 34.7 Å². The Kier molecular flexibility index (Phi) is 5.63. The fraction of sp³-hybridized carbons (Fsp3) is 0.400. The third-order valence-corrected chi connectivity index (χ3v) is 7.14. The molecule has 0 amide bonds. The number of pyridine rings is 1. The van der Waals surface area contributed by atoms with Crippen LogP contribution in [0, 0.1) is 0 Å². The normalized spacial score (nSPS) is 17.9. The van der Waals surface area contributed by atoms with Crippen molar-refractivity contribution in [3.05, 3.63) is 47.2 Å². The van der Waals surface area contributed by atoms with Crippen LogP contribution in [0.2, 0.25) is 5.02 Å². The van der Waals surface area contributed by atoms with Crippen LogP contribution in [0.25, 0.3) is 11.3 Å². The highest BCUT2D eigenvalue weighted by Gasteiger charge is 2.31. The minimum atomic E-state index is 0.483. The van der Waals surface area contributed by atoms with E-state index >= 15 is 0 Å². The molecule has 9 heteroatoms. The number of methoxy groups -OCH3 is 1. The van der Waals surface area contributed by atoms with Gasteiger partial charge in [0.2, 0.25) is 5.95 Å². The second kappa shape index (κ2) is 8.92. The molecule has 34 heavy (non-hydrogen) atoms. The van der Waals surface area contributed by atoms with Crippen molar-refractivity contribution in [2.24, 2.45) is 0 Å². The van der Waals surface area contributed by atoms with Crippen molar-refractivity contribution in [2.75, 3.05) is 55.4 Å². The minimum Gasteiger partial charge on any atom is -0.494 e. The molecule has 1 aliphatic carbocycles. The number of fused-ring (bicyclic) bond motifs is 1. The number of benzene rings is 1. The smallest absolute Gasteiger partial charge is 0.227 e. The summed E-state index contributed by atoms with van der Waals surface area (Å²) in [4.78, 5) is 18.6. The van der Waals surface area contributed by atoms with E-state index < -0.39 is 0 Å². The standard InChI is InChI=1S/C25H28ClN7O/c1-34-23-14-22(33-10-8-32(9-11-33)18-2-3-18)19(26)13-21(23)31-25-28-7-5-20(30-25)17-12-16-4-6-27-24(16)29-15-17/h5,7,12-15,18H,2-4,6,8-11H2,1H3,(H,27,29)(H,28,30,31). The van der Waals surface area contributed by atoms with E-state index in [1.165, 1.54) is 18.4 Å². The van der Waals surface area contributed by atoms with Gasteiger partial charge >= 0.3 is 0 Å². The van der Waals surface area contributed by atoms with E-state index in [0.717, 1.165) is 73.6 Å². The van der Waals surface area contributed by atoms with Crippen LogP contribution >= 0.6 is 11.6 Å². The van der Waals surface area contributed by atoms with Crippen LogP contribution in [-0.2, 0) is 6.42 Å². The van der Waals surface area contributed by atoms with Crippen LogP contribution in [0.5, 0.6) is 5.75 Å². The van der Waals surface area contributed by atoms with Gasteiger partial charge in [-0.05, 0) is 43.0 Å². The number of piperazine rings is 1. The first-order chi connectivity index (χ1) is 16.7. The van der Waals surface area contributed by atoms with Gasteiger partial charge in [0.15, 0.2) is 0 Å². The van der Waals surface area contributed by atoms with Crippen LogP contribution in [0.15, 0.2) is 36.7 Å².